The van der Waals surface area contributed by atoms with Crippen LogP contribution in [0.1, 0.15) is 42.5 Å². The molecule has 1 heterocycles. The van der Waals surface area contributed by atoms with E-state index in [1.165, 1.54) is 0 Å². The molecular formula is C19H25NO6. The van der Waals surface area contributed by atoms with Crippen molar-refractivity contribution < 1.29 is 28.9 Å². The molecule has 2 fully saturated rings. The van der Waals surface area contributed by atoms with Crippen molar-refractivity contribution in [1.82, 2.24) is 4.90 Å². The van der Waals surface area contributed by atoms with Crippen LogP contribution in [0.4, 0.5) is 0 Å². The Morgan fingerprint density at radius 3 is 2.73 bits per heavy atom. The number of nitrogens with zero attached hydrogens (tertiary/aromatic N) is 1. The zero-order chi connectivity index (χ0) is 18.5. The van der Waals surface area contributed by atoms with E-state index >= 15 is 0 Å². The highest BCUT2D eigenvalue weighted by Crippen LogP contribution is 2.33. The van der Waals surface area contributed by atoms with E-state index in [0.717, 1.165) is 25.7 Å². The lowest BCUT2D eigenvalue weighted by molar-refractivity contribution is -0.141. The number of rotatable bonds is 6. The molecule has 1 atom stereocenters. The van der Waals surface area contributed by atoms with E-state index in [1.807, 2.05) is 0 Å². The topological polar surface area (TPSA) is 85.3 Å². The number of hydrogen-bond acceptors (Lipinski definition) is 5. The predicted octanol–water partition coefficient (Wildman–Crippen LogP) is 2.33. The normalized spacial score (nSPS) is 20.8. The van der Waals surface area contributed by atoms with Crippen LogP contribution in [0.2, 0.25) is 0 Å². The Bertz CT molecular complexity index is 655. The summed E-state index contributed by atoms with van der Waals surface area (Å²) in [5, 5.41) is 8.92. The van der Waals surface area contributed by atoms with Gasteiger partial charge in [0, 0.05) is 18.7 Å². The van der Waals surface area contributed by atoms with E-state index in [9.17, 15) is 9.59 Å². The van der Waals surface area contributed by atoms with Crippen LogP contribution in [-0.2, 0) is 9.53 Å². The quantitative estimate of drug-likeness (QED) is 0.835. The summed E-state index contributed by atoms with van der Waals surface area (Å²) in [4.78, 5) is 25.4. The van der Waals surface area contributed by atoms with Gasteiger partial charge in [0.2, 0.25) is 0 Å². The molecule has 0 bridgehead atoms. The maximum Gasteiger partial charge on any atom is 0.306 e. The fraction of sp³-hybridized carbons (Fsp3) is 0.579. The third-order valence-electron chi connectivity index (χ3n) is 4.83. The second kappa shape index (κ2) is 8.40. The average Bonchev–Trinajstić information content (AvgIpc) is 3.14. The molecule has 0 aromatic heterocycles. The van der Waals surface area contributed by atoms with E-state index in [4.69, 9.17) is 19.3 Å². The number of carbonyl (C=O) groups excluding carboxylic acids is 1. The van der Waals surface area contributed by atoms with E-state index in [1.54, 1.807) is 30.2 Å². The van der Waals surface area contributed by atoms with Crippen molar-refractivity contribution in [2.45, 2.75) is 44.3 Å². The van der Waals surface area contributed by atoms with Crippen molar-refractivity contribution in [3.63, 3.8) is 0 Å². The number of carboxylic acid groups (broad SMARTS) is 1. The van der Waals surface area contributed by atoms with Gasteiger partial charge in [-0.15, -0.1) is 0 Å². The van der Waals surface area contributed by atoms with Crippen molar-refractivity contribution in [2.75, 3.05) is 26.8 Å². The molecule has 0 radical (unpaired) electrons. The number of carbonyl (C=O) groups is 2. The minimum atomic E-state index is -0.930. The summed E-state index contributed by atoms with van der Waals surface area (Å²) in [6, 6.07) is 5.18. The lowest BCUT2D eigenvalue weighted by Crippen LogP contribution is -2.46. The minimum Gasteiger partial charge on any atom is -0.493 e. The fourth-order valence-electron chi connectivity index (χ4n) is 3.49. The number of ether oxygens (including phenoxy) is 3. The van der Waals surface area contributed by atoms with Crippen LogP contribution < -0.4 is 9.47 Å². The number of amides is 1. The monoisotopic (exact) mass is 363 g/mol. The zero-order valence-corrected chi connectivity index (χ0v) is 15.0. The maximum absolute atomic E-state index is 12.8. The lowest BCUT2D eigenvalue weighted by Gasteiger charge is -2.32. The highest BCUT2D eigenvalue weighted by atomic mass is 16.5. The summed E-state index contributed by atoms with van der Waals surface area (Å²) in [5.74, 6) is 0.114. The van der Waals surface area contributed by atoms with Gasteiger partial charge in [-0.05, 0) is 43.9 Å². The van der Waals surface area contributed by atoms with Crippen LogP contribution in [0.3, 0.4) is 0 Å². The number of aliphatic carboxylic acids is 1. The van der Waals surface area contributed by atoms with Gasteiger partial charge in [0.05, 0.1) is 32.3 Å². The summed E-state index contributed by atoms with van der Waals surface area (Å²) in [6.07, 6.45) is 3.93. The Kier molecular flexibility index (Phi) is 5.98. The molecule has 1 aromatic carbocycles. The highest BCUT2D eigenvalue weighted by molar-refractivity contribution is 5.95. The molecule has 1 saturated heterocycles. The Labute approximate surface area is 152 Å². The van der Waals surface area contributed by atoms with Gasteiger partial charge in [-0.2, -0.15) is 0 Å². The second-order valence-electron chi connectivity index (χ2n) is 6.73. The van der Waals surface area contributed by atoms with Crippen LogP contribution in [0.5, 0.6) is 11.5 Å². The SMILES string of the molecule is COc1ccc(C(=O)N2CCOC(CC(=O)O)C2)cc1OC1CCCC1. The maximum atomic E-state index is 12.8. The van der Waals surface area contributed by atoms with Crippen LogP contribution in [0.15, 0.2) is 18.2 Å². The van der Waals surface area contributed by atoms with Gasteiger partial charge in [-0.25, -0.2) is 0 Å². The van der Waals surface area contributed by atoms with Crippen molar-refractivity contribution in [1.29, 1.82) is 0 Å². The molecule has 1 amide bonds. The summed E-state index contributed by atoms with van der Waals surface area (Å²) < 4.78 is 16.8. The first-order valence-corrected chi connectivity index (χ1v) is 9.04. The van der Waals surface area contributed by atoms with Gasteiger partial charge in [-0.1, -0.05) is 0 Å². The molecule has 7 nitrogen and oxygen atoms in total. The van der Waals surface area contributed by atoms with E-state index in [-0.39, 0.29) is 25.0 Å². The van der Waals surface area contributed by atoms with Gasteiger partial charge in [0.1, 0.15) is 0 Å². The van der Waals surface area contributed by atoms with Crippen molar-refractivity contribution in [3.05, 3.63) is 23.8 Å². The molecule has 1 aromatic rings. The van der Waals surface area contributed by atoms with Crippen molar-refractivity contribution >= 4 is 11.9 Å². The summed E-state index contributed by atoms with van der Waals surface area (Å²) in [7, 11) is 1.58. The molecule has 1 unspecified atom stereocenters. The molecular weight excluding hydrogens is 338 g/mol. The molecule has 142 valence electrons. The fourth-order valence-corrected chi connectivity index (χ4v) is 3.49. The van der Waals surface area contributed by atoms with Gasteiger partial charge in [-0.3, -0.25) is 9.59 Å². The Hall–Kier alpha value is -2.28. The number of benzene rings is 1. The zero-order valence-electron chi connectivity index (χ0n) is 15.0. The summed E-state index contributed by atoms with van der Waals surface area (Å²) in [5.41, 5.74) is 0.509. The third-order valence-corrected chi connectivity index (χ3v) is 4.83. The van der Waals surface area contributed by atoms with Gasteiger partial charge in [0.15, 0.2) is 11.5 Å². The molecule has 1 saturated carbocycles. The second-order valence-corrected chi connectivity index (χ2v) is 6.73. The molecule has 2 aliphatic rings. The number of methoxy groups -OCH3 is 1. The van der Waals surface area contributed by atoms with Crippen molar-refractivity contribution in [3.8, 4) is 11.5 Å². The van der Waals surface area contributed by atoms with E-state index in [2.05, 4.69) is 0 Å². The molecule has 1 aliphatic heterocycles. The minimum absolute atomic E-state index is 0.109. The smallest absolute Gasteiger partial charge is 0.306 e. The lowest BCUT2D eigenvalue weighted by atomic mass is 10.1. The predicted molar refractivity (Wildman–Crippen MR) is 93.8 cm³/mol. The summed E-state index contributed by atoms with van der Waals surface area (Å²) >= 11 is 0. The van der Waals surface area contributed by atoms with E-state index in [0.29, 0.717) is 30.2 Å². The molecule has 26 heavy (non-hydrogen) atoms. The molecule has 1 aliphatic carbocycles. The number of hydrogen-bond donors (Lipinski definition) is 1. The first-order valence-electron chi connectivity index (χ1n) is 9.04. The summed E-state index contributed by atoms with van der Waals surface area (Å²) in [6.45, 7) is 1.06. The van der Waals surface area contributed by atoms with Crippen LogP contribution in [-0.4, -0.2) is 60.9 Å². The highest BCUT2D eigenvalue weighted by Gasteiger charge is 2.27. The molecule has 1 N–H and O–H groups in total. The van der Waals surface area contributed by atoms with Gasteiger partial charge in [0.25, 0.3) is 5.91 Å². The Morgan fingerprint density at radius 2 is 2.04 bits per heavy atom. The molecule has 3 rings (SSSR count). The Balaban J connectivity index is 1.72. The van der Waals surface area contributed by atoms with Crippen molar-refractivity contribution in [2.24, 2.45) is 0 Å². The first-order chi connectivity index (χ1) is 12.6. The van der Waals surface area contributed by atoms with Crippen LogP contribution >= 0.6 is 0 Å². The number of carboxylic acids is 1. The molecule has 0 spiro atoms. The average molecular weight is 363 g/mol. The first kappa shape index (κ1) is 18.5. The van der Waals surface area contributed by atoms with Crippen LogP contribution in [0.25, 0.3) is 0 Å². The third kappa shape index (κ3) is 4.46. The molecule has 7 heteroatoms. The van der Waals surface area contributed by atoms with Crippen LogP contribution in [0, 0.1) is 0 Å². The number of morpholine rings is 1. The standard InChI is InChI=1S/C19H25NO6/c1-24-16-7-6-13(10-17(16)26-14-4-2-3-5-14)19(23)20-8-9-25-15(12-20)11-18(21)22/h6-7,10,14-15H,2-5,8-9,11-12H2,1H3,(H,21,22). The largest absolute Gasteiger partial charge is 0.493 e. The van der Waals surface area contributed by atoms with Gasteiger partial charge < -0.3 is 24.2 Å². The van der Waals surface area contributed by atoms with E-state index < -0.39 is 12.1 Å². The van der Waals surface area contributed by atoms with Gasteiger partial charge >= 0.3 is 5.97 Å². The Morgan fingerprint density at radius 1 is 1.27 bits per heavy atom.